The van der Waals surface area contributed by atoms with E-state index in [-0.39, 0.29) is 0 Å². The van der Waals surface area contributed by atoms with Gasteiger partial charge in [-0.1, -0.05) is 13.8 Å². The second kappa shape index (κ2) is 6.89. The summed E-state index contributed by atoms with van der Waals surface area (Å²) in [7, 11) is 0. The Labute approximate surface area is 127 Å². The number of nitrogens with one attached hydrogen (secondary N) is 1. The number of allylic oxidation sites excluding steroid dienone is 2. The van der Waals surface area contributed by atoms with Gasteiger partial charge >= 0.3 is 0 Å². The fourth-order valence-electron chi connectivity index (χ4n) is 2.74. The predicted octanol–water partition coefficient (Wildman–Crippen LogP) is 2.58. The maximum absolute atomic E-state index is 5.98. The lowest BCUT2D eigenvalue weighted by Crippen LogP contribution is -2.41. The number of hydrogen-bond acceptors (Lipinski definition) is 5. The van der Waals surface area contributed by atoms with Crippen molar-refractivity contribution in [3.63, 3.8) is 0 Å². The highest BCUT2D eigenvalue weighted by molar-refractivity contribution is 5.98. The van der Waals surface area contributed by atoms with Crippen molar-refractivity contribution in [2.45, 2.75) is 58.5 Å². The summed E-state index contributed by atoms with van der Waals surface area (Å²) in [5, 5.41) is 9.49. The Morgan fingerprint density at radius 1 is 1.43 bits per heavy atom. The lowest BCUT2D eigenvalue weighted by atomic mass is 9.92. The highest BCUT2D eigenvalue weighted by Gasteiger charge is 2.24. The average molecular weight is 289 g/mol. The molecule has 0 aromatic carbocycles. The molecule has 0 radical (unpaired) electrons. The average Bonchev–Trinajstić information content (AvgIpc) is 2.48. The standard InChI is InChI=1S/C16H27N5/c1-5-15-20-14(11(2)3)10-16(21(15)18-4)19-13-8-6-12(17)7-9-13/h5,10-13,19H,4,6-9,17H2,1-3H3/b15-5-/t12-,13-. The Bertz CT molecular complexity index is 467. The van der Waals surface area contributed by atoms with Gasteiger partial charge in [0.1, 0.15) is 5.82 Å². The Morgan fingerprint density at radius 3 is 2.62 bits per heavy atom. The molecule has 0 aromatic heterocycles. The molecule has 5 heteroatoms. The maximum Gasteiger partial charge on any atom is 0.151 e. The van der Waals surface area contributed by atoms with E-state index < -0.39 is 0 Å². The Hall–Kier alpha value is -1.62. The third kappa shape index (κ3) is 3.73. The van der Waals surface area contributed by atoms with Gasteiger partial charge in [0.05, 0.1) is 0 Å². The molecule has 3 N–H and O–H groups in total. The van der Waals surface area contributed by atoms with Gasteiger partial charge in [-0.15, -0.1) is 0 Å². The number of hydrogen-bond donors (Lipinski definition) is 2. The normalized spacial score (nSPS) is 28.4. The largest absolute Gasteiger partial charge is 0.367 e. The molecule has 0 amide bonds. The molecule has 116 valence electrons. The fraction of sp³-hybridized carbons (Fsp3) is 0.625. The smallest absolute Gasteiger partial charge is 0.151 e. The molecule has 1 aliphatic heterocycles. The summed E-state index contributed by atoms with van der Waals surface area (Å²) in [6.07, 6.45) is 8.40. The third-order valence-electron chi connectivity index (χ3n) is 4.09. The van der Waals surface area contributed by atoms with Crippen LogP contribution in [0.3, 0.4) is 0 Å². The van der Waals surface area contributed by atoms with Gasteiger partial charge in [-0.2, -0.15) is 5.10 Å². The van der Waals surface area contributed by atoms with Gasteiger partial charge < -0.3 is 11.1 Å². The van der Waals surface area contributed by atoms with Crippen molar-refractivity contribution in [2.24, 2.45) is 21.7 Å². The highest BCUT2D eigenvalue weighted by Crippen LogP contribution is 2.24. The molecule has 5 nitrogen and oxygen atoms in total. The summed E-state index contributed by atoms with van der Waals surface area (Å²) in [6.45, 7) is 9.94. The van der Waals surface area contributed by atoms with Crippen molar-refractivity contribution in [1.29, 1.82) is 0 Å². The lowest BCUT2D eigenvalue weighted by Gasteiger charge is -2.33. The molecular formula is C16H27N5. The molecule has 0 unspecified atom stereocenters. The zero-order valence-corrected chi connectivity index (χ0v) is 13.3. The lowest BCUT2D eigenvalue weighted by molar-refractivity contribution is 0.318. The highest BCUT2D eigenvalue weighted by atomic mass is 15.5. The minimum atomic E-state index is 0.357. The van der Waals surface area contributed by atoms with Crippen molar-refractivity contribution in [2.75, 3.05) is 0 Å². The minimum absolute atomic E-state index is 0.357. The number of rotatable bonds is 4. The van der Waals surface area contributed by atoms with Crippen LogP contribution >= 0.6 is 0 Å². The molecule has 0 atom stereocenters. The van der Waals surface area contributed by atoms with E-state index in [9.17, 15) is 0 Å². The summed E-state index contributed by atoms with van der Waals surface area (Å²) >= 11 is 0. The summed E-state index contributed by atoms with van der Waals surface area (Å²) in [6, 6.07) is 0.806. The van der Waals surface area contributed by atoms with Crippen LogP contribution in [0.5, 0.6) is 0 Å². The van der Waals surface area contributed by atoms with Crippen molar-refractivity contribution >= 4 is 12.4 Å². The topological polar surface area (TPSA) is 66.0 Å². The van der Waals surface area contributed by atoms with Crippen molar-refractivity contribution < 1.29 is 0 Å². The van der Waals surface area contributed by atoms with E-state index in [2.05, 4.69) is 42.1 Å². The van der Waals surface area contributed by atoms with Gasteiger partial charge in [-0.3, -0.25) is 0 Å². The molecule has 1 fully saturated rings. The second-order valence-electron chi connectivity index (χ2n) is 6.08. The first-order valence-corrected chi connectivity index (χ1v) is 7.80. The summed E-state index contributed by atoms with van der Waals surface area (Å²) < 4.78 is 0. The second-order valence-corrected chi connectivity index (χ2v) is 6.08. The molecule has 1 saturated carbocycles. The Morgan fingerprint density at radius 2 is 2.10 bits per heavy atom. The first-order valence-electron chi connectivity index (χ1n) is 7.80. The molecule has 0 spiro atoms. The fourth-order valence-corrected chi connectivity index (χ4v) is 2.74. The summed E-state index contributed by atoms with van der Waals surface area (Å²) in [5.41, 5.74) is 7.05. The molecule has 1 aliphatic carbocycles. The minimum Gasteiger partial charge on any atom is -0.367 e. The number of nitrogens with two attached hydrogens (primary N) is 1. The van der Waals surface area contributed by atoms with Gasteiger partial charge in [0, 0.05) is 30.6 Å². The van der Waals surface area contributed by atoms with E-state index in [1.54, 1.807) is 5.01 Å². The van der Waals surface area contributed by atoms with Crippen molar-refractivity contribution in [3.05, 3.63) is 23.8 Å². The van der Waals surface area contributed by atoms with Crippen molar-refractivity contribution in [3.8, 4) is 0 Å². The number of nitrogens with zero attached hydrogens (tertiary/aromatic N) is 3. The van der Waals surface area contributed by atoms with Crippen LogP contribution in [0, 0.1) is 5.92 Å². The first-order chi connectivity index (χ1) is 10.0. The predicted molar refractivity (Wildman–Crippen MR) is 88.9 cm³/mol. The van der Waals surface area contributed by atoms with E-state index in [1.165, 1.54) is 0 Å². The van der Waals surface area contributed by atoms with E-state index in [0.29, 0.717) is 18.0 Å². The molecule has 21 heavy (non-hydrogen) atoms. The van der Waals surface area contributed by atoms with E-state index in [4.69, 9.17) is 5.73 Å². The van der Waals surface area contributed by atoms with Crippen LogP contribution < -0.4 is 11.1 Å². The maximum atomic E-state index is 5.98. The Balaban J connectivity index is 2.17. The molecular weight excluding hydrogens is 262 g/mol. The van der Waals surface area contributed by atoms with E-state index >= 15 is 0 Å². The van der Waals surface area contributed by atoms with Crippen LogP contribution in [-0.4, -0.2) is 29.5 Å². The van der Waals surface area contributed by atoms with Crippen LogP contribution in [0.1, 0.15) is 46.5 Å². The van der Waals surface area contributed by atoms with Gasteiger partial charge in [-0.25, -0.2) is 10.0 Å². The van der Waals surface area contributed by atoms with Gasteiger partial charge in [0.15, 0.2) is 5.82 Å². The van der Waals surface area contributed by atoms with Crippen molar-refractivity contribution in [1.82, 2.24) is 10.3 Å². The molecule has 0 saturated heterocycles. The van der Waals surface area contributed by atoms with Crippen LogP contribution in [0.2, 0.25) is 0 Å². The number of hydrazone groups is 1. The van der Waals surface area contributed by atoms with Gasteiger partial charge in [-0.05, 0) is 44.6 Å². The molecule has 2 aliphatic rings. The van der Waals surface area contributed by atoms with Gasteiger partial charge in [0.25, 0.3) is 0 Å². The summed E-state index contributed by atoms with van der Waals surface area (Å²) in [5.74, 6) is 2.17. The van der Waals surface area contributed by atoms with Crippen LogP contribution in [0.25, 0.3) is 0 Å². The molecule has 1 heterocycles. The molecule has 0 aromatic rings. The Kier molecular flexibility index (Phi) is 5.17. The van der Waals surface area contributed by atoms with Crippen LogP contribution in [-0.2, 0) is 0 Å². The summed E-state index contributed by atoms with van der Waals surface area (Å²) in [4.78, 5) is 4.64. The molecule has 2 rings (SSSR count). The first kappa shape index (κ1) is 15.8. The third-order valence-corrected chi connectivity index (χ3v) is 4.09. The van der Waals surface area contributed by atoms with Crippen LogP contribution in [0.4, 0.5) is 0 Å². The van der Waals surface area contributed by atoms with Crippen LogP contribution in [0.15, 0.2) is 33.9 Å². The zero-order valence-electron chi connectivity index (χ0n) is 13.3. The zero-order chi connectivity index (χ0) is 15.4. The van der Waals surface area contributed by atoms with E-state index in [0.717, 1.165) is 43.0 Å². The number of aliphatic imine (C=N–C) groups is 1. The van der Waals surface area contributed by atoms with E-state index in [1.807, 2.05) is 13.0 Å². The SMILES string of the molecule is C=NN1C(N[C@H]2CC[C@H](N)CC2)=CC(C(C)C)=N/C1=C/C. The monoisotopic (exact) mass is 289 g/mol. The van der Waals surface area contributed by atoms with Gasteiger partial charge in [0.2, 0.25) is 0 Å². The molecule has 0 bridgehead atoms. The quantitative estimate of drug-likeness (QED) is 0.782.